The largest absolute Gasteiger partial charge is 0.530 e. The van der Waals surface area contributed by atoms with E-state index in [2.05, 4.69) is 15.5 Å². The second kappa shape index (κ2) is 11.1. The third-order valence-electron chi connectivity index (χ3n) is 5.02. The number of nitrogen functional groups attached to an aromatic ring is 1. The van der Waals surface area contributed by atoms with Crippen molar-refractivity contribution in [1.29, 1.82) is 0 Å². The second-order valence-electron chi connectivity index (χ2n) is 9.28. The Labute approximate surface area is 219 Å². The fraction of sp³-hybridized carbons (Fsp3) is 0.333. The molecule has 0 aliphatic rings. The molecule has 0 radical (unpaired) electrons. The van der Waals surface area contributed by atoms with Crippen LogP contribution in [0.4, 0.5) is 33.6 Å². The molecule has 0 aliphatic carbocycles. The summed E-state index contributed by atoms with van der Waals surface area (Å²) in [7, 11) is 0. The minimum absolute atomic E-state index is 0.0585. The Balaban J connectivity index is 1.92. The van der Waals surface area contributed by atoms with Gasteiger partial charge in [-0.25, -0.2) is 9.69 Å². The van der Waals surface area contributed by atoms with Crippen LogP contribution in [-0.2, 0) is 17.3 Å². The van der Waals surface area contributed by atoms with E-state index in [4.69, 9.17) is 10.5 Å². The van der Waals surface area contributed by atoms with Crippen LogP contribution in [0.25, 0.3) is 10.6 Å². The van der Waals surface area contributed by atoms with Gasteiger partial charge in [0, 0.05) is 11.6 Å². The molecular weight excluding hydrogens is 527 g/mol. The Kier molecular flexibility index (Phi) is 8.35. The molecule has 0 unspecified atom stereocenters. The van der Waals surface area contributed by atoms with Gasteiger partial charge in [-0.1, -0.05) is 23.5 Å². The molecular formula is C24H25F3N5O5S-. The number of hydrogen-bond acceptors (Lipinski definition) is 9. The predicted octanol–water partition coefficient (Wildman–Crippen LogP) is 3.80. The molecule has 2 amide bonds. The molecule has 2 aromatic carbocycles. The van der Waals surface area contributed by atoms with Gasteiger partial charge < -0.3 is 30.8 Å². The van der Waals surface area contributed by atoms with Crippen molar-refractivity contribution in [3.05, 3.63) is 53.6 Å². The average Bonchev–Trinajstić information content (AvgIpc) is 3.27. The molecule has 0 saturated carbocycles. The number of phenolic OH excluding ortho intramolecular Hbond substituents is 1. The molecule has 204 valence electrons. The smallest absolute Gasteiger partial charge is 0.416 e. The summed E-state index contributed by atoms with van der Waals surface area (Å²) >= 11 is 0.970. The van der Waals surface area contributed by atoms with Gasteiger partial charge in [0.15, 0.2) is 0 Å². The van der Waals surface area contributed by atoms with Gasteiger partial charge in [-0.2, -0.15) is 13.2 Å². The Morgan fingerprint density at radius 3 is 2.37 bits per heavy atom. The Bertz CT molecular complexity index is 1290. The van der Waals surface area contributed by atoms with Crippen LogP contribution in [0.5, 0.6) is 5.75 Å². The molecule has 0 spiro atoms. The molecule has 0 aliphatic heterocycles. The number of hydrogen-bond donors (Lipinski definition) is 3. The average molecular weight is 553 g/mol. The van der Waals surface area contributed by atoms with Gasteiger partial charge in [-0.3, -0.25) is 0 Å². The first kappa shape index (κ1) is 28.5. The lowest BCUT2D eigenvalue weighted by Crippen LogP contribution is -2.51. The molecule has 38 heavy (non-hydrogen) atoms. The number of carbonyl (C=O) groups is 2. The van der Waals surface area contributed by atoms with Crippen LogP contribution in [-0.4, -0.2) is 45.7 Å². The van der Waals surface area contributed by atoms with Crippen molar-refractivity contribution in [2.24, 2.45) is 0 Å². The van der Waals surface area contributed by atoms with Gasteiger partial charge in [0.1, 0.15) is 22.5 Å². The number of benzene rings is 2. The lowest BCUT2D eigenvalue weighted by atomic mass is 10.0. The van der Waals surface area contributed by atoms with Crippen molar-refractivity contribution in [3.63, 3.8) is 0 Å². The quantitative estimate of drug-likeness (QED) is 0.296. The van der Waals surface area contributed by atoms with E-state index in [-0.39, 0.29) is 29.5 Å². The molecule has 0 fully saturated rings. The van der Waals surface area contributed by atoms with E-state index in [1.54, 1.807) is 26.8 Å². The lowest BCUT2D eigenvalue weighted by Gasteiger charge is -2.29. The maximum Gasteiger partial charge on any atom is 0.416 e. The van der Waals surface area contributed by atoms with Crippen LogP contribution in [0.2, 0.25) is 0 Å². The van der Waals surface area contributed by atoms with Gasteiger partial charge in [0.2, 0.25) is 5.13 Å². The van der Waals surface area contributed by atoms with Crippen LogP contribution >= 0.6 is 11.3 Å². The number of carbonyl (C=O) groups excluding carboxylic acids is 2. The van der Waals surface area contributed by atoms with E-state index >= 15 is 0 Å². The minimum atomic E-state index is -4.52. The third kappa shape index (κ3) is 7.71. The number of nitrogens with two attached hydrogens (primary N) is 1. The maximum atomic E-state index is 13.1. The van der Waals surface area contributed by atoms with Crippen LogP contribution < -0.4 is 21.1 Å². The normalized spacial score (nSPS) is 12.6. The van der Waals surface area contributed by atoms with Crippen LogP contribution in [0, 0.1) is 0 Å². The third-order valence-corrected chi connectivity index (χ3v) is 6.02. The van der Waals surface area contributed by atoms with E-state index in [1.165, 1.54) is 24.3 Å². The molecule has 10 nitrogen and oxygen atoms in total. The number of amides is 2. The van der Waals surface area contributed by atoms with Gasteiger partial charge >= 0.3 is 12.3 Å². The molecule has 0 saturated heterocycles. The van der Waals surface area contributed by atoms with Crippen LogP contribution in [0.15, 0.2) is 42.5 Å². The Morgan fingerprint density at radius 1 is 1.16 bits per heavy atom. The molecule has 1 heterocycles. The zero-order chi connectivity index (χ0) is 28.3. The van der Waals surface area contributed by atoms with Crippen molar-refractivity contribution in [2.45, 2.75) is 45.0 Å². The van der Waals surface area contributed by atoms with Gasteiger partial charge in [0.25, 0.3) is 0 Å². The van der Waals surface area contributed by atoms with Crippen molar-refractivity contribution in [2.75, 3.05) is 17.2 Å². The fourth-order valence-electron chi connectivity index (χ4n) is 3.33. The summed E-state index contributed by atoms with van der Waals surface area (Å²) in [6.45, 7) is 4.63. The van der Waals surface area contributed by atoms with Crippen LogP contribution in [0.3, 0.4) is 0 Å². The van der Waals surface area contributed by atoms with E-state index in [1.807, 2.05) is 0 Å². The zero-order valence-corrected chi connectivity index (χ0v) is 21.4. The van der Waals surface area contributed by atoms with Crippen LogP contribution in [0.1, 0.15) is 31.9 Å². The Morgan fingerprint density at radius 2 is 1.82 bits per heavy atom. The number of ether oxygens (including phenoxy) is 1. The standard InChI is InChI=1S/C24H26F3N5O5S/c1-23(2,3)37-22(36)32(20-31-30-19(38-20)14-6-9-17(28)18(33)11-14)12-16(29-21(34)35)10-13-4-7-15(8-5-13)24(25,26)27/h4-9,11,16,29,33H,10,12,28H2,1-3H3,(H,34,35)/p-1/t16-/m0/s1. The van der Waals surface area contributed by atoms with Gasteiger partial charge in [-0.15, -0.1) is 10.2 Å². The number of halogens is 3. The number of nitrogens with zero attached hydrogens (tertiary/aromatic N) is 3. The number of rotatable bonds is 7. The topological polar surface area (TPSA) is 154 Å². The highest BCUT2D eigenvalue weighted by Gasteiger charge is 2.31. The summed E-state index contributed by atoms with van der Waals surface area (Å²) in [6.07, 6.45) is -7.08. The number of alkyl halides is 3. The maximum absolute atomic E-state index is 13.1. The lowest BCUT2D eigenvalue weighted by molar-refractivity contribution is -0.251. The second-order valence-corrected chi connectivity index (χ2v) is 10.2. The first-order valence-electron chi connectivity index (χ1n) is 11.2. The van der Waals surface area contributed by atoms with Gasteiger partial charge in [-0.05, 0) is 63.1 Å². The number of phenols is 1. The highest BCUT2D eigenvalue weighted by Crippen LogP contribution is 2.33. The zero-order valence-electron chi connectivity index (χ0n) is 20.6. The van der Waals surface area contributed by atoms with Gasteiger partial charge in [0.05, 0.1) is 17.8 Å². The van der Waals surface area contributed by atoms with E-state index in [0.717, 1.165) is 28.4 Å². The summed E-state index contributed by atoms with van der Waals surface area (Å²) < 4.78 is 44.2. The number of anilines is 2. The molecule has 1 aromatic heterocycles. The summed E-state index contributed by atoms with van der Waals surface area (Å²) in [5, 5.41) is 32.0. The minimum Gasteiger partial charge on any atom is -0.530 e. The fourth-order valence-corrected chi connectivity index (χ4v) is 4.17. The first-order valence-corrected chi connectivity index (χ1v) is 12.0. The number of nitrogens with one attached hydrogen (secondary N) is 1. The molecule has 3 rings (SSSR count). The SMILES string of the molecule is CC(C)(C)OC(=O)N(C[C@H](Cc1ccc(C(F)(F)F)cc1)NC(=O)[O-])c1nnc(-c2ccc(N)c(O)c2)s1. The summed E-state index contributed by atoms with van der Waals surface area (Å²) in [4.78, 5) is 25.6. The summed E-state index contributed by atoms with van der Waals surface area (Å²) in [5.74, 6) is -0.169. The van der Waals surface area contributed by atoms with E-state index in [0.29, 0.717) is 16.1 Å². The van der Waals surface area contributed by atoms with Crippen molar-refractivity contribution in [1.82, 2.24) is 15.5 Å². The monoisotopic (exact) mass is 552 g/mol. The molecule has 1 atom stereocenters. The number of aromatic hydroxyl groups is 1. The highest BCUT2D eigenvalue weighted by atomic mass is 32.1. The first-order chi connectivity index (χ1) is 17.6. The summed E-state index contributed by atoms with van der Waals surface area (Å²) in [5.41, 5.74) is 4.90. The Hall–Kier alpha value is -4.07. The molecule has 4 N–H and O–H groups in total. The van der Waals surface area contributed by atoms with Crippen molar-refractivity contribution >= 4 is 34.3 Å². The van der Waals surface area contributed by atoms with E-state index in [9.17, 15) is 33.0 Å². The van der Waals surface area contributed by atoms with Crippen molar-refractivity contribution in [3.8, 4) is 16.3 Å². The molecule has 3 aromatic rings. The molecule has 0 bridgehead atoms. The molecule has 14 heteroatoms. The van der Waals surface area contributed by atoms with E-state index < -0.39 is 35.6 Å². The highest BCUT2D eigenvalue weighted by molar-refractivity contribution is 7.18. The van der Waals surface area contributed by atoms with Crippen molar-refractivity contribution < 1.29 is 37.7 Å². The number of carboxylic acid groups (broad SMARTS) is 1. The number of aromatic nitrogens is 2. The summed E-state index contributed by atoms with van der Waals surface area (Å²) in [6, 6.07) is 7.66. The predicted molar refractivity (Wildman–Crippen MR) is 132 cm³/mol.